The van der Waals surface area contributed by atoms with Gasteiger partial charge in [-0.2, -0.15) is 0 Å². The van der Waals surface area contributed by atoms with Gasteiger partial charge >= 0.3 is 0 Å². The highest BCUT2D eigenvalue weighted by molar-refractivity contribution is 7.99. The number of hydrogen-bond acceptors (Lipinski definition) is 4. The number of thioether (sulfide) groups is 1. The Kier molecular flexibility index (Phi) is 5.11. The molecule has 1 atom stereocenters. The number of aromatic nitrogens is 3. The molecule has 4 nitrogen and oxygen atoms in total. The third-order valence-corrected chi connectivity index (χ3v) is 3.21. The minimum absolute atomic E-state index is 0.527. The van der Waals surface area contributed by atoms with E-state index in [-0.39, 0.29) is 0 Å². The first kappa shape index (κ1) is 12.5. The highest BCUT2D eigenvalue weighted by Gasteiger charge is 2.13. The zero-order chi connectivity index (χ0) is 11.3. The minimum Gasteiger partial charge on any atom is -0.313 e. The molecule has 2 N–H and O–H groups in total. The number of hydrogen-bond donors (Lipinski definition) is 2. The van der Waals surface area contributed by atoms with Gasteiger partial charge in [-0.1, -0.05) is 32.5 Å². The van der Waals surface area contributed by atoms with Crippen LogP contribution in [0.5, 0.6) is 0 Å². The van der Waals surface area contributed by atoms with Gasteiger partial charge in [0.05, 0.1) is 0 Å². The number of nitrogens with one attached hydrogen (secondary N) is 2. The van der Waals surface area contributed by atoms with Crippen LogP contribution in [-0.4, -0.2) is 33.5 Å². The second-order valence-electron chi connectivity index (χ2n) is 3.92. The molecule has 0 amide bonds. The summed E-state index contributed by atoms with van der Waals surface area (Å²) in [4.78, 5) is 4.27. The maximum Gasteiger partial charge on any atom is 0.208 e. The van der Waals surface area contributed by atoms with Gasteiger partial charge in [-0.05, 0) is 19.4 Å². The molecule has 0 saturated heterocycles. The molecule has 0 aliphatic heterocycles. The lowest BCUT2D eigenvalue weighted by atomic mass is 10.1. The van der Waals surface area contributed by atoms with Crippen LogP contribution in [0.1, 0.15) is 26.6 Å². The van der Waals surface area contributed by atoms with Crippen molar-refractivity contribution in [2.24, 2.45) is 5.92 Å². The number of H-pyrrole nitrogens is 1. The smallest absolute Gasteiger partial charge is 0.208 e. The van der Waals surface area contributed by atoms with Gasteiger partial charge in [0.15, 0.2) is 0 Å². The molecule has 1 aromatic heterocycles. The fraction of sp³-hybridized carbons (Fsp3) is 0.800. The molecule has 0 radical (unpaired) electrons. The highest BCUT2D eigenvalue weighted by atomic mass is 32.2. The molecule has 5 heteroatoms. The third kappa shape index (κ3) is 4.22. The van der Waals surface area contributed by atoms with E-state index in [9.17, 15) is 0 Å². The van der Waals surface area contributed by atoms with Crippen LogP contribution in [0.15, 0.2) is 5.16 Å². The van der Waals surface area contributed by atoms with Gasteiger partial charge < -0.3 is 5.32 Å². The number of rotatable bonds is 6. The minimum atomic E-state index is 0.527. The van der Waals surface area contributed by atoms with Crippen LogP contribution < -0.4 is 5.32 Å². The van der Waals surface area contributed by atoms with E-state index in [0.717, 1.165) is 23.3 Å². The van der Waals surface area contributed by atoms with Crippen molar-refractivity contribution in [3.8, 4) is 0 Å². The molecular formula is C10H20N4S. The quantitative estimate of drug-likeness (QED) is 0.730. The summed E-state index contributed by atoms with van der Waals surface area (Å²) in [5.41, 5.74) is 0. The summed E-state index contributed by atoms with van der Waals surface area (Å²) in [6.07, 6.45) is 0. The molecule has 0 bridgehead atoms. The Morgan fingerprint density at radius 2 is 2.20 bits per heavy atom. The predicted octanol–water partition coefficient (Wildman–Crippen LogP) is 1.84. The van der Waals surface area contributed by atoms with E-state index in [0.29, 0.717) is 12.0 Å². The fourth-order valence-corrected chi connectivity index (χ4v) is 2.44. The van der Waals surface area contributed by atoms with Gasteiger partial charge in [0.1, 0.15) is 5.82 Å². The Morgan fingerprint density at radius 1 is 1.47 bits per heavy atom. The molecule has 1 unspecified atom stereocenters. The zero-order valence-corrected chi connectivity index (χ0v) is 10.7. The molecule has 86 valence electrons. The van der Waals surface area contributed by atoms with E-state index in [4.69, 9.17) is 0 Å². The molecule has 0 fully saturated rings. The Labute approximate surface area is 95.6 Å². The molecule has 1 aromatic rings. The average Bonchev–Trinajstić information content (AvgIpc) is 2.58. The van der Waals surface area contributed by atoms with Crippen LogP contribution in [-0.2, 0) is 0 Å². The van der Waals surface area contributed by atoms with Crippen LogP contribution in [0.25, 0.3) is 0 Å². The lowest BCUT2D eigenvalue weighted by Crippen LogP contribution is -2.35. The average molecular weight is 228 g/mol. The summed E-state index contributed by atoms with van der Waals surface area (Å²) in [5.74, 6) is 2.53. The van der Waals surface area contributed by atoms with Gasteiger partial charge in [-0.3, -0.25) is 5.10 Å². The Balaban J connectivity index is 2.39. The van der Waals surface area contributed by atoms with Gasteiger partial charge in [0, 0.05) is 11.8 Å². The van der Waals surface area contributed by atoms with Crippen molar-refractivity contribution in [2.75, 3.05) is 12.3 Å². The molecule has 0 spiro atoms. The maximum absolute atomic E-state index is 4.27. The van der Waals surface area contributed by atoms with Crippen molar-refractivity contribution < 1.29 is 0 Å². The molecule has 15 heavy (non-hydrogen) atoms. The van der Waals surface area contributed by atoms with Gasteiger partial charge in [0.25, 0.3) is 0 Å². The SMILES string of the molecule is CCNC(CSc1n[nH]c(C)n1)C(C)C. The van der Waals surface area contributed by atoms with Crippen molar-refractivity contribution in [2.45, 2.75) is 38.9 Å². The van der Waals surface area contributed by atoms with Crippen molar-refractivity contribution in [3.05, 3.63) is 5.82 Å². The predicted molar refractivity (Wildman–Crippen MR) is 64.1 cm³/mol. The number of aryl methyl sites for hydroxylation is 1. The summed E-state index contributed by atoms with van der Waals surface area (Å²) in [7, 11) is 0. The lowest BCUT2D eigenvalue weighted by molar-refractivity contribution is 0.443. The summed E-state index contributed by atoms with van der Waals surface area (Å²) < 4.78 is 0. The van der Waals surface area contributed by atoms with E-state index >= 15 is 0 Å². The van der Waals surface area contributed by atoms with Gasteiger partial charge in [-0.15, -0.1) is 5.10 Å². The van der Waals surface area contributed by atoms with Crippen molar-refractivity contribution in [1.29, 1.82) is 0 Å². The summed E-state index contributed by atoms with van der Waals surface area (Å²) in [6, 6.07) is 0.527. The molecule has 0 aliphatic rings. The summed E-state index contributed by atoms with van der Waals surface area (Å²) in [6.45, 7) is 9.53. The first-order chi connectivity index (χ1) is 7.13. The second kappa shape index (κ2) is 6.12. The van der Waals surface area contributed by atoms with E-state index in [1.807, 2.05) is 6.92 Å². The van der Waals surface area contributed by atoms with Gasteiger partial charge in [-0.25, -0.2) is 4.98 Å². The highest BCUT2D eigenvalue weighted by Crippen LogP contribution is 2.16. The Morgan fingerprint density at radius 3 is 2.67 bits per heavy atom. The maximum atomic E-state index is 4.27. The normalized spacial score (nSPS) is 13.4. The number of nitrogens with zero attached hydrogens (tertiary/aromatic N) is 2. The topological polar surface area (TPSA) is 53.6 Å². The van der Waals surface area contributed by atoms with E-state index < -0.39 is 0 Å². The van der Waals surface area contributed by atoms with E-state index in [1.54, 1.807) is 11.8 Å². The summed E-state index contributed by atoms with van der Waals surface area (Å²) >= 11 is 1.70. The number of aromatic amines is 1. The van der Waals surface area contributed by atoms with E-state index in [2.05, 4.69) is 41.3 Å². The standard InChI is InChI=1S/C10H20N4S/c1-5-11-9(7(2)3)6-15-10-12-8(4)13-14-10/h7,9,11H,5-6H2,1-4H3,(H,12,13,14). The molecule has 1 heterocycles. The third-order valence-electron chi connectivity index (χ3n) is 2.24. The Hall–Kier alpha value is -0.550. The van der Waals surface area contributed by atoms with Crippen molar-refractivity contribution in [3.63, 3.8) is 0 Å². The second-order valence-corrected chi connectivity index (χ2v) is 4.91. The fourth-order valence-electron chi connectivity index (χ4n) is 1.30. The lowest BCUT2D eigenvalue weighted by Gasteiger charge is -2.20. The van der Waals surface area contributed by atoms with Gasteiger partial charge in [0.2, 0.25) is 5.16 Å². The van der Waals surface area contributed by atoms with Crippen LogP contribution in [0.2, 0.25) is 0 Å². The van der Waals surface area contributed by atoms with E-state index in [1.165, 1.54) is 0 Å². The molecule has 0 saturated carbocycles. The molecule has 0 aromatic carbocycles. The summed E-state index contributed by atoms with van der Waals surface area (Å²) in [5, 5.41) is 11.3. The van der Waals surface area contributed by atoms with Crippen LogP contribution >= 0.6 is 11.8 Å². The monoisotopic (exact) mass is 228 g/mol. The van der Waals surface area contributed by atoms with Crippen molar-refractivity contribution >= 4 is 11.8 Å². The molecular weight excluding hydrogens is 208 g/mol. The first-order valence-electron chi connectivity index (χ1n) is 5.38. The zero-order valence-electron chi connectivity index (χ0n) is 9.87. The van der Waals surface area contributed by atoms with Crippen LogP contribution in [0.3, 0.4) is 0 Å². The first-order valence-corrected chi connectivity index (χ1v) is 6.37. The largest absolute Gasteiger partial charge is 0.313 e. The molecule has 0 aliphatic carbocycles. The van der Waals surface area contributed by atoms with Crippen LogP contribution in [0.4, 0.5) is 0 Å². The van der Waals surface area contributed by atoms with Crippen LogP contribution in [0, 0.1) is 12.8 Å². The Bertz CT molecular complexity index is 285. The molecule has 1 rings (SSSR count). The van der Waals surface area contributed by atoms with Crippen molar-refractivity contribution in [1.82, 2.24) is 20.5 Å².